The SMILES string of the molecule is Cc1ccc(C(C)(C)C)cc1-c1onc(C)c1N. The maximum absolute atomic E-state index is 6.01. The second-order valence-electron chi connectivity index (χ2n) is 5.79. The highest BCUT2D eigenvalue weighted by atomic mass is 16.5. The molecule has 0 spiro atoms. The van der Waals surface area contributed by atoms with Crippen molar-refractivity contribution in [1.29, 1.82) is 0 Å². The van der Waals surface area contributed by atoms with Gasteiger partial charge in [0.15, 0.2) is 5.76 Å². The number of hydrogen-bond donors (Lipinski definition) is 1. The van der Waals surface area contributed by atoms with Crippen molar-refractivity contribution in [3.63, 3.8) is 0 Å². The summed E-state index contributed by atoms with van der Waals surface area (Å²) < 4.78 is 5.35. The molecule has 96 valence electrons. The summed E-state index contributed by atoms with van der Waals surface area (Å²) in [5.41, 5.74) is 10.9. The predicted octanol–water partition coefficient (Wildman–Crippen LogP) is 3.84. The molecule has 0 atom stereocenters. The minimum absolute atomic E-state index is 0.103. The average molecular weight is 244 g/mol. The third kappa shape index (κ3) is 2.13. The van der Waals surface area contributed by atoms with Crippen LogP contribution in [0.4, 0.5) is 5.69 Å². The van der Waals surface area contributed by atoms with Crippen LogP contribution in [0.1, 0.15) is 37.6 Å². The molecule has 18 heavy (non-hydrogen) atoms. The fourth-order valence-corrected chi connectivity index (χ4v) is 1.90. The number of aryl methyl sites for hydroxylation is 2. The molecule has 0 saturated carbocycles. The summed E-state index contributed by atoms with van der Waals surface area (Å²) in [5.74, 6) is 0.677. The molecule has 1 aromatic heterocycles. The van der Waals surface area contributed by atoms with Gasteiger partial charge >= 0.3 is 0 Å². The number of rotatable bonds is 1. The highest BCUT2D eigenvalue weighted by Gasteiger charge is 2.19. The molecule has 3 heteroatoms. The van der Waals surface area contributed by atoms with Gasteiger partial charge in [-0.2, -0.15) is 0 Å². The molecule has 3 nitrogen and oxygen atoms in total. The van der Waals surface area contributed by atoms with E-state index in [1.807, 2.05) is 6.92 Å². The summed E-state index contributed by atoms with van der Waals surface area (Å²) in [4.78, 5) is 0. The topological polar surface area (TPSA) is 52.0 Å². The Bertz CT molecular complexity index is 577. The first-order chi connectivity index (χ1) is 8.30. The van der Waals surface area contributed by atoms with E-state index in [1.165, 1.54) is 5.56 Å². The zero-order valence-electron chi connectivity index (χ0n) is 11.7. The van der Waals surface area contributed by atoms with E-state index >= 15 is 0 Å². The summed E-state index contributed by atoms with van der Waals surface area (Å²) >= 11 is 0. The van der Waals surface area contributed by atoms with Crippen molar-refractivity contribution in [3.8, 4) is 11.3 Å². The van der Waals surface area contributed by atoms with Crippen LogP contribution in [0.3, 0.4) is 0 Å². The third-order valence-corrected chi connectivity index (χ3v) is 3.26. The van der Waals surface area contributed by atoms with Gasteiger partial charge in [-0.3, -0.25) is 0 Å². The van der Waals surface area contributed by atoms with Gasteiger partial charge in [0, 0.05) is 5.56 Å². The quantitative estimate of drug-likeness (QED) is 0.829. The Kier molecular flexibility index (Phi) is 2.93. The number of benzene rings is 1. The van der Waals surface area contributed by atoms with Gasteiger partial charge in [0.25, 0.3) is 0 Å². The normalized spacial score (nSPS) is 11.8. The van der Waals surface area contributed by atoms with Crippen molar-refractivity contribution in [1.82, 2.24) is 5.16 Å². The van der Waals surface area contributed by atoms with Crippen LogP contribution in [0.2, 0.25) is 0 Å². The van der Waals surface area contributed by atoms with Gasteiger partial charge < -0.3 is 10.3 Å². The molecule has 0 bridgehead atoms. The number of anilines is 1. The average Bonchev–Trinajstić information content (AvgIpc) is 2.59. The summed E-state index contributed by atoms with van der Waals surface area (Å²) in [7, 11) is 0. The highest BCUT2D eigenvalue weighted by Crippen LogP contribution is 2.34. The zero-order chi connectivity index (χ0) is 13.5. The monoisotopic (exact) mass is 244 g/mol. The summed E-state index contributed by atoms with van der Waals surface area (Å²) in [6.07, 6.45) is 0. The Balaban J connectivity index is 2.61. The van der Waals surface area contributed by atoms with Crippen LogP contribution in [0, 0.1) is 13.8 Å². The van der Waals surface area contributed by atoms with E-state index in [0.29, 0.717) is 11.4 Å². The maximum atomic E-state index is 6.01. The molecule has 2 rings (SSSR count). The van der Waals surface area contributed by atoms with Gasteiger partial charge in [-0.15, -0.1) is 0 Å². The Morgan fingerprint density at radius 1 is 1.17 bits per heavy atom. The van der Waals surface area contributed by atoms with Crippen molar-refractivity contribution < 1.29 is 4.52 Å². The van der Waals surface area contributed by atoms with Gasteiger partial charge in [0.1, 0.15) is 11.4 Å². The van der Waals surface area contributed by atoms with E-state index in [9.17, 15) is 0 Å². The first-order valence-corrected chi connectivity index (χ1v) is 6.14. The molecule has 0 aliphatic carbocycles. The van der Waals surface area contributed by atoms with Gasteiger partial charge in [-0.05, 0) is 36.5 Å². The lowest BCUT2D eigenvalue weighted by Crippen LogP contribution is -2.11. The van der Waals surface area contributed by atoms with Crippen LogP contribution >= 0.6 is 0 Å². The second-order valence-corrected chi connectivity index (χ2v) is 5.79. The Hall–Kier alpha value is -1.77. The van der Waals surface area contributed by atoms with E-state index in [0.717, 1.165) is 16.8 Å². The van der Waals surface area contributed by atoms with Crippen LogP contribution in [0.25, 0.3) is 11.3 Å². The molecule has 1 heterocycles. The van der Waals surface area contributed by atoms with E-state index in [2.05, 4.69) is 51.1 Å². The van der Waals surface area contributed by atoms with Crippen molar-refractivity contribution in [3.05, 3.63) is 35.0 Å². The van der Waals surface area contributed by atoms with E-state index in [4.69, 9.17) is 10.3 Å². The van der Waals surface area contributed by atoms with E-state index in [-0.39, 0.29) is 5.41 Å². The first kappa shape index (κ1) is 12.7. The number of hydrogen-bond acceptors (Lipinski definition) is 3. The molecule has 0 aliphatic heterocycles. The van der Waals surface area contributed by atoms with Crippen molar-refractivity contribution in [2.24, 2.45) is 0 Å². The highest BCUT2D eigenvalue weighted by molar-refractivity contribution is 5.75. The molecular formula is C15H20N2O. The molecule has 1 aromatic carbocycles. The lowest BCUT2D eigenvalue weighted by Gasteiger charge is -2.20. The summed E-state index contributed by atoms with van der Waals surface area (Å²) in [6, 6.07) is 6.40. The largest absolute Gasteiger partial charge is 0.394 e. The molecule has 0 fully saturated rings. The third-order valence-electron chi connectivity index (χ3n) is 3.26. The summed E-state index contributed by atoms with van der Waals surface area (Å²) in [6.45, 7) is 10.5. The smallest absolute Gasteiger partial charge is 0.190 e. The molecule has 0 amide bonds. The van der Waals surface area contributed by atoms with E-state index in [1.54, 1.807) is 0 Å². The summed E-state index contributed by atoms with van der Waals surface area (Å²) in [5, 5.41) is 3.93. The van der Waals surface area contributed by atoms with Gasteiger partial charge in [0.2, 0.25) is 0 Å². The second kappa shape index (κ2) is 4.16. The first-order valence-electron chi connectivity index (χ1n) is 6.14. The molecule has 0 unspecified atom stereocenters. The maximum Gasteiger partial charge on any atom is 0.190 e. The van der Waals surface area contributed by atoms with E-state index < -0.39 is 0 Å². The number of nitrogens with zero attached hydrogens (tertiary/aromatic N) is 1. The number of aromatic nitrogens is 1. The lowest BCUT2D eigenvalue weighted by atomic mass is 9.85. The molecule has 2 aromatic rings. The Labute approximate surface area is 108 Å². The van der Waals surface area contributed by atoms with Gasteiger partial charge in [-0.1, -0.05) is 38.1 Å². The van der Waals surface area contributed by atoms with Crippen LogP contribution in [-0.4, -0.2) is 5.16 Å². The fraction of sp³-hybridized carbons (Fsp3) is 0.400. The fourth-order valence-electron chi connectivity index (χ4n) is 1.90. The zero-order valence-corrected chi connectivity index (χ0v) is 11.7. The van der Waals surface area contributed by atoms with Crippen LogP contribution in [0.15, 0.2) is 22.7 Å². The molecule has 0 radical (unpaired) electrons. The molecule has 0 aliphatic rings. The molecule has 0 saturated heterocycles. The van der Waals surface area contributed by atoms with Crippen molar-refractivity contribution in [2.45, 2.75) is 40.0 Å². The standard InChI is InChI=1S/C15H20N2O/c1-9-6-7-11(15(3,4)5)8-12(9)14-13(16)10(2)17-18-14/h6-8H,16H2,1-5H3. The molecule has 2 N–H and O–H groups in total. The Morgan fingerprint density at radius 3 is 2.33 bits per heavy atom. The number of nitrogen functional groups attached to an aromatic ring is 1. The van der Waals surface area contributed by atoms with Gasteiger partial charge in [-0.25, -0.2) is 0 Å². The number of nitrogens with two attached hydrogens (primary N) is 1. The minimum Gasteiger partial charge on any atom is -0.394 e. The van der Waals surface area contributed by atoms with Gasteiger partial charge in [0.05, 0.1) is 0 Å². The van der Waals surface area contributed by atoms with Crippen LogP contribution in [-0.2, 0) is 5.41 Å². The van der Waals surface area contributed by atoms with Crippen LogP contribution < -0.4 is 5.73 Å². The van der Waals surface area contributed by atoms with Crippen molar-refractivity contribution >= 4 is 5.69 Å². The predicted molar refractivity (Wildman–Crippen MR) is 74.5 cm³/mol. The lowest BCUT2D eigenvalue weighted by molar-refractivity contribution is 0.427. The molecular weight excluding hydrogens is 224 g/mol. The Morgan fingerprint density at radius 2 is 1.83 bits per heavy atom. The minimum atomic E-state index is 0.103. The van der Waals surface area contributed by atoms with Crippen molar-refractivity contribution in [2.75, 3.05) is 5.73 Å². The van der Waals surface area contributed by atoms with Crippen LogP contribution in [0.5, 0.6) is 0 Å².